The Morgan fingerprint density at radius 3 is 2.65 bits per heavy atom. The number of aromatic nitrogens is 3. The van der Waals surface area contributed by atoms with Crippen molar-refractivity contribution in [2.24, 2.45) is 0 Å². The van der Waals surface area contributed by atoms with Crippen molar-refractivity contribution in [1.82, 2.24) is 24.3 Å². The minimum absolute atomic E-state index is 0.0316. The summed E-state index contributed by atoms with van der Waals surface area (Å²) in [7, 11) is 0. The number of hydrogen-bond acceptors (Lipinski definition) is 6. The lowest BCUT2D eigenvalue weighted by molar-refractivity contribution is -0.127. The predicted octanol–water partition coefficient (Wildman–Crippen LogP) is 3.57. The number of piperazine rings is 1. The Kier molecular flexibility index (Phi) is 6.40. The zero-order chi connectivity index (χ0) is 23.3. The van der Waals surface area contributed by atoms with Gasteiger partial charge < -0.3 is 18.6 Å². The van der Waals surface area contributed by atoms with Crippen LogP contribution in [0.1, 0.15) is 22.7 Å². The number of nitrogens with zero attached hydrogens (tertiary/aromatic N) is 5. The van der Waals surface area contributed by atoms with Gasteiger partial charge in [-0.3, -0.25) is 9.69 Å². The Labute approximate surface area is 198 Å². The van der Waals surface area contributed by atoms with E-state index in [1.165, 1.54) is 0 Å². The van der Waals surface area contributed by atoms with Gasteiger partial charge in [-0.1, -0.05) is 23.4 Å². The van der Waals surface area contributed by atoms with Crippen molar-refractivity contribution in [3.63, 3.8) is 0 Å². The molecule has 0 spiro atoms. The van der Waals surface area contributed by atoms with E-state index in [9.17, 15) is 4.79 Å². The summed E-state index contributed by atoms with van der Waals surface area (Å²) >= 11 is 0. The van der Waals surface area contributed by atoms with Gasteiger partial charge in [0.15, 0.2) is 0 Å². The number of pyridine rings is 1. The number of fused-ring (bicyclic) bond motifs is 1. The predicted molar refractivity (Wildman–Crippen MR) is 128 cm³/mol. The quantitative estimate of drug-likeness (QED) is 0.395. The highest BCUT2D eigenvalue weighted by Crippen LogP contribution is 2.16. The zero-order valence-electron chi connectivity index (χ0n) is 19.1. The van der Waals surface area contributed by atoms with Crippen molar-refractivity contribution in [1.29, 1.82) is 0 Å². The number of carbonyl (C=O) groups excluding carboxylic acids is 1. The first-order valence-electron chi connectivity index (χ1n) is 11.4. The number of amides is 1. The van der Waals surface area contributed by atoms with Crippen LogP contribution in [0.5, 0.6) is 5.75 Å². The van der Waals surface area contributed by atoms with Crippen LogP contribution in [0.3, 0.4) is 0 Å². The molecule has 0 radical (unpaired) electrons. The monoisotopic (exact) mass is 457 g/mol. The molecule has 34 heavy (non-hydrogen) atoms. The highest BCUT2D eigenvalue weighted by molar-refractivity contribution is 5.91. The summed E-state index contributed by atoms with van der Waals surface area (Å²) in [6.45, 7) is 6.10. The van der Waals surface area contributed by atoms with Crippen LogP contribution in [-0.4, -0.2) is 56.4 Å². The van der Waals surface area contributed by atoms with E-state index in [4.69, 9.17) is 9.26 Å². The smallest absolute Gasteiger partial charge is 0.246 e. The first kappa shape index (κ1) is 21.9. The average Bonchev–Trinajstić information content (AvgIpc) is 3.47. The molecule has 0 saturated carbocycles. The van der Waals surface area contributed by atoms with E-state index in [-0.39, 0.29) is 5.91 Å². The molecule has 1 fully saturated rings. The van der Waals surface area contributed by atoms with E-state index in [1.807, 2.05) is 83.2 Å². The SMILES string of the molecule is Cc1cc(CN2CCN(C(=O)/C=C/c3ccc(OCc4cn5ccccc5n4)cc3)CC2)no1. The van der Waals surface area contributed by atoms with E-state index in [0.29, 0.717) is 19.7 Å². The maximum absolute atomic E-state index is 12.6. The fraction of sp³-hybridized carbons (Fsp3) is 0.269. The number of benzene rings is 1. The first-order chi connectivity index (χ1) is 16.6. The van der Waals surface area contributed by atoms with Crippen molar-refractivity contribution in [3.05, 3.63) is 89.7 Å². The van der Waals surface area contributed by atoms with Gasteiger partial charge in [-0.2, -0.15) is 0 Å². The third-order valence-electron chi connectivity index (χ3n) is 5.85. The second kappa shape index (κ2) is 9.93. The molecule has 1 amide bonds. The summed E-state index contributed by atoms with van der Waals surface area (Å²) < 4.78 is 13.0. The Hall–Kier alpha value is -3.91. The largest absolute Gasteiger partial charge is 0.487 e. The molecule has 3 aromatic heterocycles. The van der Waals surface area contributed by atoms with Gasteiger partial charge in [0, 0.05) is 57.3 Å². The minimum Gasteiger partial charge on any atom is -0.487 e. The maximum atomic E-state index is 12.6. The van der Waals surface area contributed by atoms with Crippen LogP contribution >= 0.6 is 0 Å². The van der Waals surface area contributed by atoms with Gasteiger partial charge in [0.25, 0.3) is 0 Å². The average molecular weight is 458 g/mol. The van der Waals surface area contributed by atoms with Gasteiger partial charge in [-0.25, -0.2) is 4.98 Å². The third kappa shape index (κ3) is 5.35. The fourth-order valence-corrected chi connectivity index (χ4v) is 4.01. The molecule has 8 heteroatoms. The Balaban J connectivity index is 1.08. The van der Waals surface area contributed by atoms with E-state index < -0.39 is 0 Å². The molecule has 5 rings (SSSR count). The highest BCUT2D eigenvalue weighted by atomic mass is 16.5. The van der Waals surface area contributed by atoms with E-state index in [0.717, 1.165) is 53.7 Å². The van der Waals surface area contributed by atoms with Crippen molar-refractivity contribution in [3.8, 4) is 5.75 Å². The molecule has 1 aliphatic rings. The van der Waals surface area contributed by atoms with Gasteiger partial charge in [-0.05, 0) is 42.8 Å². The second-order valence-electron chi connectivity index (χ2n) is 8.42. The number of ether oxygens (including phenoxy) is 1. The summed E-state index contributed by atoms with van der Waals surface area (Å²) in [5.41, 5.74) is 3.66. The molecule has 0 N–H and O–H groups in total. The Bertz CT molecular complexity index is 1250. The van der Waals surface area contributed by atoms with E-state index in [2.05, 4.69) is 15.0 Å². The van der Waals surface area contributed by atoms with Gasteiger partial charge in [0.05, 0.1) is 11.4 Å². The van der Waals surface area contributed by atoms with E-state index in [1.54, 1.807) is 6.08 Å². The minimum atomic E-state index is 0.0316. The van der Waals surface area contributed by atoms with Crippen molar-refractivity contribution < 1.29 is 14.1 Å². The van der Waals surface area contributed by atoms with Crippen LogP contribution in [0.25, 0.3) is 11.7 Å². The molecule has 0 unspecified atom stereocenters. The first-order valence-corrected chi connectivity index (χ1v) is 11.4. The molecule has 4 heterocycles. The lowest BCUT2D eigenvalue weighted by Crippen LogP contribution is -2.47. The van der Waals surface area contributed by atoms with Gasteiger partial charge in [0.1, 0.15) is 23.8 Å². The molecular formula is C26H27N5O3. The third-order valence-corrected chi connectivity index (χ3v) is 5.85. The fourth-order valence-electron chi connectivity index (χ4n) is 4.01. The number of aryl methyl sites for hydroxylation is 1. The topological polar surface area (TPSA) is 76.1 Å². The molecule has 0 atom stereocenters. The lowest BCUT2D eigenvalue weighted by Gasteiger charge is -2.33. The van der Waals surface area contributed by atoms with E-state index >= 15 is 0 Å². The van der Waals surface area contributed by atoms with Crippen LogP contribution in [0, 0.1) is 6.92 Å². The molecule has 8 nitrogen and oxygen atoms in total. The molecular weight excluding hydrogens is 430 g/mol. The molecule has 1 aromatic carbocycles. The van der Waals surface area contributed by atoms with Gasteiger partial charge >= 0.3 is 0 Å². The van der Waals surface area contributed by atoms with Crippen LogP contribution in [0.15, 0.2) is 71.5 Å². The molecule has 1 saturated heterocycles. The van der Waals surface area contributed by atoms with Crippen LogP contribution < -0.4 is 4.74 Å². The highest BCUT2D eigenvalue weighted by Gasteiger charge is 2.20. The number of imidazole rings is 1. The Morgan fingerprint density at radius 1 is 1.09 bits per heavy atom. The lowest BCUT2D eigenvalue weighted by atomic mass is 10.2. The van der Waals surface area contributed by atoms with Crippen molar-refractivity contribution in [2.75, 3.05) is 26.2 Å². The number of carbonyl (C=O) groups is 1. The molecule has 174 valence electrons. The zero-order valence-corrected chi connectivity index (χ0v) is 19.1. The Morgan fingerprint density at radius 2 is 1.91 bits per heavy atom. The molecule has 4 aromatic rings. The van der Waals surface area contributed by atoms with Crippen molar-refractivity contribution in [2.45, 2.75) is 20.1 Å². The summed E-state index contributed by atoms with van der Waals surface area (Å²) in [5, 5.41) is 4.05. The maximum Gasteiger partial charge on any atom is 0.246 e. The summed E-state index contributed by atoms with van der Waals surface area (Å²) in [4.78, 5) is 21.3. The summed E-state index contributed by atoms with van der Waals surface area (Å²) in [6.07, 6.45) is 7.42. The van der Waals surface area contributed by atoms with Crippen molar-refractivity contribution >= 4 is 17.6 Å². The standard InChI is InChI=1S/C26H27N5O3/c1-20-16-22(28-34-20)17-29-12-14-30(15-13-29)26(32)10-7-21-5-8-24(9-6-21)33-19-23-18-31-11-3-2-4-25(31)27-23/h2-11,16,18H,12-15,17,19H2,1H3/b10-7+. The molecule has 0 aliphatic carbocycles. The van der Waals surface area contributed by atoms with Gasteiger partial charge in [0.2, 0.25) is 5.91 Å². The normalized spacial score (nSPS) is 14.8. The molecule has 1 aliphatic heterocycles. The van der Waals surface area contributed by atoms with Gasteiger partial charge in [-0.15, -0.1) is 0 Å². The molecule has 0 bridgehead atoms. The number of rotatable bonds is 7. The second-order valence-corrected chi connectivity index (χ2v) is 8.42. The van der Waals surface area contributed by atoms with Crippen LogP contribution in [0.2, 0.25) is 0 Å². The summed E-state index contributed by atoms with van der Waals surface area (Å²) in [5.74, 6) is 1.61. The summed E-state index contributed by atoms with van der Waals surface area (Å²) in [6, 6.07) is 15.6. The van der Waals surface area contributed by atoms with Crippen LogP contribution in [-0.2, 0) is 17.9 Å². The number of hydrogen-bond donors (Lipinski definition) is 0. The van der Waals surface area contributed by atoms with Crippen LogP contribution in [0.4, 0.5) is 0 Å².